The minimum atomic E-state index is 0.0933. The second kappa shape index (κ2) is 6.18. The van der Waals surface area contributed by atoms with Gasteiger partial charge in [-0.05, 0) is 31.8 Å². The Labute approximate surface area is 109 Å². The molecule has 1 saturated heterocycles. The SMILES string of the molecule is COc1ccc(CN(C)C)cc1C1CNCCO1. The summed E-state index contributed by atoms with van der Waals surface area (Å²) in [5.74, 6) is 0.909. The molecule has 2 rings (SSSR count). The summed E-state index contributed by atoms with van der Waals surface area (Å²) in [5, 5.41) is 3.35. The van der Waals surface area contributed by atoms with Crippen molar-refractivity contribution in [2.45, 2.75) is 12.6 Å². The van der Waals surface area contributed by atoms with E-state index >= 15 is 0 Å². The highest BCUT2D eigenvalue weighted by atomic mass is 16.5. The standard InChI is InChI=1S/C14H22N2O2/c1-16(2)10-11-4-5-13(17-3)12(8-11)14-9-15-6-7-18-14/h4-5,8,14-15H,6-7,9-10H2,1-3H3. The molecule has 18 heavy (non-hydrogen) atoms. The minimum Gasteiger partial charge on any atom is -0.496 e. The molecule has 1 N–H and O–H groups in total. The van der Waals surface area contributed by atoms with Crippen LogP contribution in [-0.2, 0) is 11.3 Å². The summed E-state index contributed by atoms with van der Waals surface area (Å²) in [6.07, 6.45) is 0.0933. The van der Waals surface area contributed by atoms with E-state index in [0.29, 0.717) is 0 Å². The first-order chi connectivity index (χ1) is 8.70. The lowest BCUT2D eigenvalue weighted by molar-refractivity contribution is 0.0262. The summed E-state index contributed by atoms with van der Waals surface area (Å²) in [5.41, 5.74) is 2.43. The summed E-state index contributed by atoms with van der Waals surface area (Å²) in [6, 6.07) is 6.33. The molecule has 0 aliphatic carbocycles. The second-order valence-corrected chi connectivity index (χ2v) is 4.88. The lowest BCUT2D eigenvalue weighted by atomic mass is 10.0. The molecular formula is C14H22N2O2. The minimum absolute atomic E-state index is 0.0933. The number of rotatable bonds is 4. The van der Waals surface area contributed by atoms with Gasteiger partial charge in [-0.3, -0.25) is 0 Å². The van der Waals surface area contributed by atoms with E-state index < -0.39 is 0 Å². The number of morpholine rings is 1. The molecule has 0 saturated carbocycles. The molecule has 0 radical (unpaired) electrons. The van der Waals surface area contributed by atoms with E-state index in [4.69, 9.17) is 9.47 Å². The fourth-order valence-corrected chi connectivity index (χ4v) is 2.26. The highest BCUT2D eigenvalue weighted by Crippen LogP contribution is 2.29. The number of nitrogens with zero attached hydrogens (tertiary/aromatic N) is 1. The van der Waals surface area contributed by atoms with Crippen LogP contribution in [0.1, 0.15) is 17.2 Å². The van der Waals surface area contributed by atoms with Crippen LogP contribution in [0.2, 0.25) is 0 Å². The van der Waals surface area contributed by atoms with Crippen molar-refractivity contribution in [3.8, 4) is 5.75 Å². The summed E-state index contributed by atoms with van der Waals surface area (Å²) in [6.45, 7) is 3.46. The van der Waals surface area contributed by atoms with Gasteiger partial charge in [-0.2, -0.15) is 0 Å². The molecule has 0 spiro atoms. The Morgan fingerprint density at radius 1 is 1.44 bits per heavy atom. The Morgan fingerprint density at radius 2 is 2.28 bits per heavy atom. The molecule has 0 bridgehead atoms. The van der Waals surface area contributed by atoms with Gasteiger partial charge >= 0.3 is 0 Å². The van der Waals surface area contributed by atoms with E-state index in [2.05, 4.69) is 36.4 Å². The van der Waals surface area contributed by atoms with Gasteiger partial charge in [0.05, 0.1) is 19.8 Å². The summed E-state index contributed by atoms with van der Waals surface area (Å²) in [4.78, 5) is 2.16. The molecule has 1 fully saturated rings. The largest absolute Gasteiger partial charge is 0.496 e. The van der Waals surface area contributed by atoms with Crippen LogP contribution in [0.25, 0.3) is 0 Å². The molecule has 100 valence electrons. The second-order valence-electron chi connectivity index (χ2n) is 4.88. The summed E-state index contributed by atoms with van der Waals surface area (Å²) < 4.78 is 11.2. The van der Waals surface area contributed by atoms with E-state index in [1.807, 2.05) is 6.07 Å². The highest BCUT2D eigenvalue weighted by Gasteiger charge is 2.20. The third kappa shape index (κ3) is 3.22. The predicted octanol–water partition coefficient (Wildman–Crippen LogP) is 1.42. The first kappa shape index (κ1) is 13.3. The van der Waals surface area contributed by atoms with E-state index in [9.17, 15) is 0 Å². The Balaban J connectivity index is 2.23. The summed E-state index contributed by atoms with van der Waals surface area (Å²) in [7, 11) is 5.85. The Morgan fingerprint density at radius 3 is 2.89 bits per heavy atom. The molecular weight excluding hydrogens is 228 g/mol. The van der Waals surface area contributed by atoms with Crippen LogP contribution in [-0.4, -0.2) is 45.8 Å². The van der Waals surface area contributed by atoms with Gasteiger partial charge in [0.15, 0.2) is 0 Å². The molecule has 1 aromatic carbocycles. The monoisotopic (exact) mass is 250 g/mol. The number of nitrogens with one attached hydrogen (secondary N) is 1. The Hall–Kier alpha value is -1.10. The first-order valence-electron chi connectivity index (χ1n) is 6.34. The zero-order valence-corrected chi connectivity index (χ0v) is 11.4. The molecule has 1 heterocycles. The number of hydrogen-bond acceptors (Lipinski definition) is 4. The van der Waals surface area contributed by atoms with Crippen molar-refractivity contribution >= 4 is 0 Å². The van der Waals surface area contributed by atoms with Crippen LogP contribution in [0.5, 0.6) is 5.75 Å². The fourth-order valence-electron chi connectivity index (χ4n) is 2.26. The highest BCUT2D eigenvalue weighted by molar-refractivity contribution is 5.39. The van der Waals surface area contributed by atoms with Crippen LogP contribution in [0.15, 0.2) is 18.2 Å². The third-order valence-electron chi connectivity index (χ3n) is 3.07. The van der Waals surface area contributed by atoms with Crippen LogP contribution < -0.4 is 10.1 Å². The normalized spacial score (nSPS) is 20.1. The fraction of sp³-hybridized carbons (Fsp3) is 0.571. The van der Waals surface area contributed by atoms with Crippen LogP contribution >= 0.6 is 0 Å². The van der Waals surface area contributed by atoms with E-state index in [-0.39, 0.29) is 6.10 Å². The van der Waals surface area contributed by atoms with Crippen LogP contribution in [0.3, 0.4) is 0 Å². The molecule has 1 unspecified atom stereocenters. The topological polar surface area (TPSA) is 33.7 Å². The smallest absolute Gasteiger partial charge is 0.124 e. The first-order valence-corrected chi connectivity index (χ1v) is 6.34. The molecule has 1 aromatic rings. The zero-order chi connectivity index (χ0) is 13.0. The molecule has 0 aromatic heterocycles. The van der Waals surface area contributed by atoms with Crippen LogP contribution in [0.4, 0.5) is 0 Å². The molecule has 4 nitrogen and oxygen atoms in total. The lowest BCUT2D eigenvalue weighted by Gasteiger charge is -2.26. The zero-order valence-electron chi connectivity index (χ0n) is 11.4. The number of benzene rings is 1. The van der Waals surface area contributed by atoms with Gasteiger partial charge in [-0.1, -0.05) is 6.07 Å². The van der Waals surface area contributed by atoms with Gasteiger partial charge < -0.3 is 19.7 Å². The van der Waals surface area contributed by atoms with Gasteiger partial charge in [0.1, 0.15) is 5.75 Å². The average molecular weight is 250 g/mol. The summed E-state index contributed by atoms with van der Waals surface area (Å²) >= 11 is 0. The van der Waals surface area contributed by atoms with Crippen LogP contribution in [0, 0.1) is 0 Å². The van der Waals surface area contributed by atoms with E-state index in [1.54, 1.807) is 7.11 Å². The Kier molecular flexibility index (Phi) is 4.58. The molecule has 0 amide bonds. The quantitative estimate of drug-likeness (QED) is 0.876. The van der Waals surface area contributed by atoms with E-state index in [1.165, 1.54) is 5.56 Å². The van der Waals surface area contributed by atoms with Crippen molar-refractivity contribution in [2.75, 3.05) is 40.9 Å². The van der Waals surface area contributed by atoms with Crippen molar-refractivity contribution in [3.05, 3.63) is 29.3 Å². The lowest BCUT2D eigenvalue weighted by Crippen LogP contribution is -2.33. The van der Waals surface area contributed by atoms with Crippen molar-refractivity contribution in [2.24, 2.45) is 0 Å². The third-order valence-corrected chi connectivity index (χ3v) is 3.07. The Bertz CT molecular complexity index is 387. The van der Waals surface area contributed by atoms with Gasteiger partial charge in [0.2, 0.25) is 0 Å². The van der Waals surface area contributed by atoms with Crippen molar-refractivity contribution < 1.29 is 9.47 Å². The van der Waals surface area contributed by atoms with Gasteiger partial charge in [-0.25, -0.2) is 0 Å². The maximum absolute atomic E-state index is 5.81. The van der Waals surface area contributed by atoms with Crippen molar-refractivity contribution in [1.29, 1.82) is 0 Å². The van der Waals surface area contributed by atoms with Gasteiger partial charge in [0.25, 0.3) is 0 Å². The van der Waals surface area contributed by atoms with Crippen molar-refractivity contribution in [1.82, 2.24) is 10.2 Å². The molecule has 4 heteroatoms. The predicted molar refractivity (Wildman–Crippen MR) is 71.9 cm³/mol. The maximum Gasteiger partial charge on any atom is 0.124 e. The number of methoxy groups -OCH3 is 1. The van der Waals surface area contributed by atoms with Gasteiger partial charge in [0, 0.05) is 25.2 Å². The van der Waals surface area contributed by atoms with Crippen molar-refractivity contribution in [3.63, 3.8) is 0 Å². The number of hydrogen-bond donors (Lipinski definition) is 1. The molecule has 1 aliphatic rings. The van der Waals surface area contributed by atoms with E-state index in [0.717, 1.165) is 37.6 Å². The maximum atomic E-state index is 5.81. The molecule has 1 atom stereocenters. The number of ether oxygens (including phenoxy) is 2. The van der Waals surface area contributed by atoms with Gasteiger partial charge in [-0.15, -0.1) is 0 Å². The average Bonchev–Trinajstić information content (AvgIpc) is 2.39. The molecule has 1 aliphatic heterocycles.